The monoisotopic (exact) mass is 296 g/mol. The number of rotatable bonds is 2. The van der Waals surface area contributed by atoms with Crippen molar-refractivity contribution in [2.75, 3.05) is 18.6 Å². The Kier molecular flexibility index (Phi) is 3.23. The van der Waals surface area contributed by atoms with Crippen molar-refractivity contribution in [2.45, 2.75) is 18.6 Å². The van der Waals surface area contributed by atoms with E-state index in [0.717, 1.165) is 5.39 Å². The molecule has 0 unspecified atom stereocenters. The Balaban J connectivity index is 2.09. The number of aliphatic hydroxyl groups excluding tert-OH is 1. The summed E-state index contributed by atoms with van der Waals surface area (Å²) in [7, 11) is 1.32. The van der Waals surface area contributed by atoms with Crippen LogP contribution in [-0.4, -0.2) is 51.8 Å². The highest BCUT2D eigenvalue weighted by atomic mass is 35.5. The largest absolute Gasteiger partial charge is 0.467 e. The van der Waals surface area contributed by atoms with Gasteiger partial charge in [0.25, 0.3) is 0 Å². The molecule has 2 aromatic rings. The van der Waals surface area contributed by atoms with Crippen molar-refractivity contribution in [1.82, 2.24) is 15.0 Å². The number of hydrogen-bond donors (Lipinski definition) is 2. The number of fused-ring (bicyclic) bond motifs is 1. The van der Waals surface area contributed by atoms with Crippen molar-refractivity contribution in [3.8, 4) is 0 Å². The lowest BCUT2D eigenvalue weighted by Gasteiger charge is -2.23. The third kappa shape index (κ3) is 2.08. The highest BCUT2D eigenvalue weighted by molar-refractivity contribution is 6.28. The standard InChI is InChI=1S/C12H13ClN4O3/c1-20-11(19)8-4-6(18)5-17(8)10-7-2-3-14-9(7)15-12(13)16-10/h2-3,6,8,18H,4-5H2,1H3,(H,14,15,16)/t6-,8-/m0/s1. The van der Waals surface area contributed by atoms with Gasteiger partial charge in [-0.3, -0.25) is 0 Å². The Bertz CT molecular complexity index is 659. The number of halogens is 1. The van der Waals surface area contributed by atoms with E-state index in [4.69, 9.17) is 16.3 Å². The van der Waals surface area contributed by atoms with Crippen LogP contribution in [0.15, 0.2) is 12.3 Å². The molecule has 1 aliphatic heterocycles. The van der Waals surface area contributed by atoms with Gasteiger partial charge in [0, 0.05) is 19.2 Å². The van der Waals surface area contributed by atoms with E-state index in [1.54, 1.807) is 17.2 Å². The Morgan fingerprint density at radius 3 is 3.15 bits per heavy atom. The summed E-state index contributed by atoms with van der Waals surface area (Å²) in [4.78, 5) is 24.8. The summed E-state index contributed by atoms with van der Waals surface area (Å²) in [6, 6.07) is 1.24. The molecule has 1 aliphatic rings. The molecule has 2 N–H and O–H groups in total. The number of aromatic nitrogens is 3. The van der Waals surface area contributed by atoms with Gasteiger partial charge in [-0.15, -0.1) is 0 Å². The number of carbonyl (C=O) groups excluding carboxylic acids is 1. The number of H-pyrrole nitrogens is 1. The molecule has 0 amide bonds. The van der Waals surface area contributed by atoms with Crippen LogP contribution in [0.5, 0.6) is 0 Å². The minimum absolute atomic E-state index is 0.0833. The summed E-state index contributed by atoms with van der Waals surface area (Å²) >= 11 is 5.91. The van der Waals surface area contributed by atoms with Gasteiger partial charge in [-0.25, -0.2) is 4.79 Å². The second kappa shape index (κ2) is 4.92. The third-order valence-electron chi connectivity index (χ3n) is 3.39. The summed E-state index contributed by atoms with van der Waals surface area (Å²) in [5.74, 6) is 0.119. The molecule has 0 bridgehead atoms. The van der Waals surface area contributed by atoms with Gasteiger partial charge in [0.2, 0.25) is 5.28 Å². The average molecular weight is 297 g/mol. The number of carbonyl (C=O) groups is 1. The molecule has 3 heterocycles. The van der Waals surface area contributed by atoms with Gasteiger partial charge in [-0.05, 0) is 17.7 Å². The van der Waals surface area contributed by atoms with Crippen LogP contribution in [0.2, 0.25) is 5.28 Å². The lowest BCUT2D eigenvalue weighted by molar-refractivity contribution is -0.142. The van der Waals surface area contributed by atoms with Crippen LogP contribution in [0.3, 0.4) is 0 Å². The summed E-state index contributed by atoms with van der Waals surface area (Å²) in [6.07, 6.45) is 1.42. The van der Waals surface area contributed by atoms with Gasteiger partial charge in [-0.2, -0.15) is 9.97 Å². The summed E-state index contributed by atoms with van der Waals surface area (Å²) in [5.41, 5.74) is 0.588. The van der Waals surface area contributed by atoms with Crippen LogP contribution in [0, 0.1) is 0 Å². The molecule has 1 saturated heterocycles. The minimum atomic E-state index is -0.609. The molecule has 1 fully saturated rings. The van der Waals surface area contributed by atoms with E-state index in [0.29, 0.717) is 24.4 Å². The first kappa shape index (κ1) is 13.1. The summed E-state index contributed by atoms with van der Waals surface area (Å²) < 4.78 is 4.78. The number of nitrogens with one attached hydrogen (secondary N) is 1. The molecule has 0 saturated carbocycles. The first-order chi connectivity index (χ1) is 9.60. The number of methoxy groups -OCH3 is 1. The van der Waals surface area contributed by atoms with Crippen LogP contribution in [0.1, 0.15) is 6.42 Å². The van der Waals surface area contributed by atoms with E-state index >= 15 is 0 Å². The zero-order valence-electron chi connectivity index (χ0n) is 10.7. The molecule has 0 aromatic carbocycles. The molecule has 0 radical (unpaired) electrons. The number of hydrogen-bond acceptors (Lipinski definition) is 6. The summed E-state index contributed by atoms with van der Waals surface area (Å²) in [6.45, 7) is 0.299. The first-order valence-corrected chi connectivity index (χ1v) is 6.51. The topological polar surface area (TPSA) is 91.3 Å². The number of esters is 1. The molecule has 20 heavy (non-hydrogen) atoms. The Hall–Kier alpha value is -1.86. The highest BCUT2D eigenvalue weighted by Crippen LogP contribution is 2.31. The van der Waals surface area contributed by atoms with Crippen LogP contribution in [0.4, 0.5) is 5.82 Å². The molecule has 0 spiro atoms. The fraction of sp³-hybridized carbons (Fsp3) is 0.417. The first-order valence-electron chi connectivity index (χ1n) is 6.13. The zero-order valence-corrected chi connectivity index (χ0v) is 11.5. The van der Waals surface area contributed by atoms with Crippen molar-refractivity contribution < 1.29 is 14.6 Å². The number of anilines is 1. The van der Waals surface area contributed by atoms with Crippen LogP contribution in [0.25, 0.3) is 11.0 Å². The number of β-amino-alcohol motifs (C(OH)–C–C–N with tert-alkyl or cyclic N) is 1. The number of aromatic amines is 1. The van der Waals surface area contributed by atoms with E-state index < -0.39 is 18.1 Å². The number of nitrogens with zero attached hydrogens (tertiary/aromatic N) is 3. The van der Waals surface area contributed by atoms with E-state index in [1.165, 1.54) is 7.11 Å². The van der Waals surface area contributed by atoms with Gasteiger partial charge in [0.05, 0.1) is 18.6 Å². The van der Waals surface area contributed by atoms with Gasteiger partial charge >= 0.3 is 5.97 Å². The van der Waals surface area contributed by atoms with Gasteiger partial charge in [0.15, 0.2) is 0 Å². The molecular formula is C12H13ClN4O3. The van der Waals surface area contributed by atoms with Crippen LogP contribution >= 0.6 is 11.6 Å². The minimum Gasteiger partial charge on any atom is -0.467 e. The van der Waals surface area contributed by atoms with Gasteiger partial charge in [-0.1, -0.05) is 0 Å². The van der Waals surface area contributed by atoms with E-state index in [9.17, 15) is 9.90 Å². The Morgan fingerprint density at radius 2 is 2.40 bits per heavy atom. The lowest BCUT2D eigenvalue weighted by Crippen LogP contribution is -2.37. The van der Waals surface area contributed by atoms with Crippen molar-refractivity contribution in [1.29, 1.82) is 0 Å². The fourth-order valence-electron chi connectivity index (χ4n) is 2.52. The summed E-state index contributed by atoms with van der Waals surface area (Å²) in [5, 5.41) is 10.7. The maximum Gasteiger partial charge on any atom is 0.328 e. The molecule has 2 atom stereocenters. The van der Waals surface area contributed by atoms with E-state index in [-0.39, 0.29) is 5.28 Å². The molecule has 7 nitrogen and oxygen atoms in total. The number of aliphatic hydroxyl groups is 1. The van der Waals surface area contributed by atoms with Crippen LogP contribution < -0.4 is 4.90 Å². The maximum atomic E-state index is 11.8. The molecule has 8 heteroatoms. The highest BCUT2D eigenvalue weighted by Gasteiger charge is 2.38. The maximum absolute atomic E-state index is 11.8. The normalized spacial score (nSPS) is 22.4. The van der Waals surface area contributed by atoms with Gasteiger partial charge in [0.1, 0.15) is 17.5 Å². The van der Waals surface area contributed by atoms with Crippen LogP contribution in [-0.2, 0) is 9.53 Å². The van der Waals surface area contributed by atoms with Crippen molar-refractivity contribution >= 4 is 34.4 Å². The predicted octanol–water partition coefficient (Wildman–Crippen LogP) is 0.724. The lowest BCUT2D eigenvalue weighted by atomic mass is 10.2. The second-order valence-corrected chi connectivity index (χ2v) is 4.98. The van der Waals surface area contributed by atoms with E-state index in [1.807, 2.05) is 0 Å². The molecule has 0 aliphatic carbocycles. The molecule has 3 rings (SSSR count). The zero-order chi connectivity index (χ0) is 14.3. The third-order valence-corrected chi connectivity index (χ3v) is 3.56. The average Bonchev–Trinajstić information content (AvgIpc) is 3.02. The predicted molar refractivity (Wildman–Crippen MR) is 72.7 cm³/mol. The number of ether oxygens (including phenoxy) is 1. The molecule has 106 valence electrons. The smallest absolute Gasteiger partial charge is 0.328 e. The van der Waals surface area contributed by atoms with Gasteiger partial charge < -0.3 is 19.7 Å². The van der Waals surface area contributed by atoms with Crippen molar-refractivity contribution in [3.63, 3.8) is 0 Å². The van der Waals surface area contributed by atoms with Crippen molar-refractivity contribution in [3.05, 3.63) is 17.5 Å². The second-order valence-electron chi connectivity index (χ2n) is 4.64. The van der Waals surface area contributed by atoms with E-state index in [2.05, 4.69) is 15.0 Å². The molecular weight excluding hydrogens is 284 g/mol. The fourth-order valence-corrected chi connectivity index (χ4v) is 2.69. The Labute approximate surface area is 119 Å². The van der Waals surface area contributed by atoms with Crippen molar-refractivity contribution in [2.24, 2.45) is 0 Å². The molecule has 2 aromatic heterocycles. The SMILES string of the molecule is COC(=O)[C@@H]1C[C@H](O)CN1c1nc(Cl)nc2[nH]ccc12. The Morgan fingerprint density at radius 1 is 1.60 bits per heavy atom. The quantitative estimate of drug-likeness (QED) is 0.627.